The van der Waals surface area contributed by atoms with Gasteiger partial charge in [0.25, 0.3) is 0 Å². The van der Waals surface area contributed by atoms with E-state index in [2.05, 4.69) is 9.47 Å². The molecule has 0 rings (SSSR count). The molecule has 1 unspecified atom stereocenters. The Balaban J connectivity index is 0. The molecule has 0 amide bonds. The van der Waals surface area contributed by atoms with Gasteiger partial charge in [-0.3, -0.25) is 0 Å². The van der Waals surface area contributed by atoms with Gasteiger partial charge >= 0.3 is 0 Å². The Morgan fingerprint density at radius 1 is 1.22 bits per heavy atom. The van der Waals surface area contributed by atoms with Crippen LogP contribution in [0.5, 0.6) is 0 Å². The van der Waals surface area contributed by atoms with Gasteiger partial charge in [-0.25, -0.2) is 0 Å². The average Bonchev–Trinajstić information content (AvgIpc) is 1.81. The second-order valence-corrected chi connectivity index (χ2v) is 1.99. The molecule has 0 fully saturated rings. The summed E-state index contributed by atoms with van der Waals surface area (Å²) >= 11 is 0. The lowest BCUT2D eigenvalue weighted by Crippen LogP contribution is -1.86. The number of hydrogen-bond donors (Lipinski definition) is 1. The Kier molecular flexibility index (Phi) is 15.1. The van der Waals surface area contributed by atoms with Crippen molar-refractivity contribution in [1.29, 1.82) is 0 Å². The lowest BCUT2D eigenvalue weighted by Gasteiger charge is -1.94. The van der Waals surface area contributed by atoms with Crippen LogP contribution in [0.3, 0.4) is 0 Å². The zero-order valence-electron chi connectivity index (χ0n) is 4.97. The third-order valence-corrected chi connectivity index (χ3v) is 1.16. The van der Waals surface area contributed by atoms with E-state index in [9.17, 15) is 0 Å². The SMILES string of the molecule is B.OCCCCCOP. The van der Waals surface area contributed by atoms with Crippen molar-refractivity contribution in [3.8, 4) is 0 Å². The molecule has 0 saturated heterocycles. The molecule has 4 heteroatoms. The first kappa shape index (κ1) is 12.1. The predicted molar refractivity (Wildman–Crippen MR) is 46.5 cm³/mol. The van der Waals surface area contributed by atoms with Gasteiger partial charge in [-0.15, -0.1) is 0 Å². The van der Waals surface area contributed by atoms with Gasteiger partial charge in [-0.05, 0) is 19.3 Å². The maximum absolute atomic E-state index is 8.32. The van der Waals surface area contributed by atoms with Crippen LogP contribution >= 0.6 is 9.47 Å². The fourth-order valence-corrected chi connectivity index (χ4v) is 0.641. The van der Waals surface area contributed by atoms with Gasteiger partial charge in [0.15, 0.2) is 0 Å². The second-order valence-electron chi connectivity index (χ2n) is 1.66. The largest absolute Gasteiger partial charge is 0.396 e. The van der Waals surface area contributed by atoms with Crippen LogP contribution in [-0.2, 0) is 4.52 Å². The van der Waals surface area contributed by atoms with Gasteiger partial charge in [0.2, 0.25) is 0 Å². The van der Waals surface area contributed by atoms with E-state index in [1.807, 2.05) is 0 Å². The maximum Gasteiger partial charge on any atom is 0.0814 e. The minimum atomic E-state index is 0. The summed E-state index contributed by atoms with van der Waals surface area (Å²) in [7, 11) is 2.20. The highest BCUT2D eigenvalue weighted by atomic mass is 31.0. The summed E-state index contributed by atoms with van der Waals surface area (Å²) in [6, 6.07) is 0. The molecule has 0 aromatic heterocycles. The number of rotatable bonds is 5. The van der Waals surface area contributed by atoms with E-state index in [0.29, 0.717) is 6.61 Å². The monoisotopic (exact) mass is 150 g/mol. The molecular weight excluding hydrogens is 134 g/mol. The smallest absolute Gasteiger partial charge is 0.0814 e. The molecule has 2 nitrogen and oxygen atoms in total. The highest BCUT2D eigenvalue weighted by molar-refractivity contribution is 7.09. The molecule has 0 aliphatic carbocycles. The normalized spacial score (nSPS) is 8.67. The third-order valence-electron chi connectivity index (χ3n) is 0.920. The first-order valence-corrected chi connectivity index (χ1v) is 3.31. The molecule has 0 aliphatic rings. The average molecular weight is 150 g/mol. The van der Waals surface area contributed by atoms with E-state index in [0.717, 1.165) is 25.9 Å². The number of aliphatic hydroxyl groups is 1. The quantitative estimate of drug-likeness (QED) is 0.333. The molecule has 0 aliphatic heterocycles. The molecule has 0 radical (unpaired) electrons. The molecule has 1 atom stereocenters. The lowest BCUT2D eigenvalue weighted by molar-refractivity contribution is 0.274. The van der Waals surface area contributed by atoms with Crippen molar-refractivity contribution in [2.45, 2.75) is 19.3 Å². The summed E-state index contributed by atoms with van der Waals surface area (Å²) in [5.74, 6) is 0. The van der Waals surface area contributed by atoms with Crippen LogP contribution in [0.15, 0.2) is 0 Å². The van der Waals surface area contributed by atoms with E-state index < -0.39 is 0 Å². The van der Waals surface area contributed by atoms with Crippen molar-refractivity contribution < 1.29 is 9.63 Å². The summed E-state index contributed by atoms with van der Waals surface area (Å²) in [6.45, 7) is 1.08. The van der Waals surface area contributed by atoms with Crippen molar-refractivity contribution >= 4 is 17.9 Å². The molecular formula is C5H16BO2P. The second kappa shape index (κ2) is 11.2. The van der Waals surface area contributed by atoms with E-state index >= 15 is 0 Å². The third kappa shape index (κ3) is 11.8. The Labute approximate surface area is 60.8 Å². The Morgan fingerprint density at radius 2 is 1.89 bits per heavy atom. The van der Waals surface area contributed by atoms with Gasteiger partial charge in [0, 0.05) is 16.1 Å². The molecule has 56 valence electrons. The molecule has 0 heterocycles. The Hall–Kier alpha value is 0.415. The Bertz CT molecular complexity index is 39.9. The molecule has 1 N–H and O–H groups in total. The maximum atomic E-state index is 8.32. The van der Waals surface area contributed by atoms with Crippen molar-refractivity contribution in [2.24, 2.45) is 0 Å². The Morgan fingerprint density at radius 3 is 2.33 bits per heavy atom. The molecule has 0 bridgehead atoms. The summed E-state index contributed by atoms with van der Waals surface area (Å²) in [4.78, 5) is 0. The fraction of sp³-hybridized carbons (Fsp3) is 1.00. The standard InChI is InChI=1S/C5H13O2P.BH3/c6-4-2-1-3-5-7-8;/h6H,1-5,8H2;1H3. The summed E-state index contributed by atoms with van der Waals surface area (Å²) in [6.07, 6.45) is 3.00. The first-order chi connectivity index (χ1) is 3.91. The van der Waals surface area contributed by atoms with Crippen LogP contribution in [0.4, 0.5) is 0 Å². The van der Waals surface area contributed by atoms with Crippen LogP contribution in [0.2, 0.25) is 0 Å². The number of unbranched alkanes of at least 4 members (excludes halogenated alkanes) is 2. The van der Waals surface area contributed by atoms with Crippen molar-refractivity contribution in [1.82, 2.24) is 0 Å². The topological polar surface area (TPSA) is 29.5 Å². The molecule has 0 spiro atoms. The van der Waals surface area contributed by atoms with Crippen molar-refractivity contribution in [3.05, 3.63) is 0 Å². The van der Waals surface area contributed by atoms with Gasteiger partial charge in [-0.2, -0.15) is 0 Å². The molecule has 0 saturated carbocycles. The number of aliphatic hydroxyl groups excluding tert-OH is 1. The molecule has 0 aromatic carbocycles. The fourth-order valence-electron chi connectivity index (χ4n) is 0.474. The van der Waals surface area contributed by atoms with E-state index in [1.54, 1.807) is 0 Å². The highest BCUT2D eigenvalue weighted by Gasteiger charge is 1.84. The highest BCUT2D eigenvalue weighted by Crippen LogP contribution is 1.96. The van der Waals surface area contributed by atoms with E-state index in [1.165, 1.54) is 0 Å². The zero-order valence-corrected chi connectivity index (χ0v) is 6.12. The van der Waals surface area contributed by atoms with Crippen LogP contribution in [0, 0.1) is 0 Å². The minimum absolute atomic E-state index is 0. The summed E-state index contributed by atoms with van der Waals surface area (Å²) in [5, 5.41) is 8.32. The van der Waals surface area contributed by atoms with Crippen molar-refractivity contribution in [3.63, 3.8) is 0 Å². The van der Waals surface area contributed by atoms with E-state index in [4.69, 9.17) is 9.63 Å². The summed E-state index contributed by atoms with van der Waals surface area (Å²) in [5.41, 5.74) is 0. The minimum Gasteiger partial charge on any atom is -0.396 e. The van der Waals surface area contributed by atoms with Gasteiger partial charge < -0.3 is 9.63 Å². The van der Waals surface area contributed by atoms with Gasteiger partial charge in [0.05, 0.1) is 15.0 Å². The summed E-state index contributed by atoms with van der Waals surface area (Å²) < 4.78 is 4.72. The van der Waals surface area contributed by atoms with Crippen LogP contribution in [-0.4, -0.2) is 26.7 Å². The molecule has 9 heavy (non-hydrogen) atoms. The van der Waals surface area contributed by atoms with Crippen LogP contribution in [0.25, 0.3) is 0 Å². The zero-order chi connectivity index (χ0) is 6.24. The van der Waals surface area contributed by atoms with E-state index in [-0.39, 0.29) is 8.41 Å². The van der Waals surface area contributed by atoms with Gasteiger partial charge in [0.1, 0.15) is 0 Å². The molecule has 0 aromatic rings. The van der Waals surface area contributed by atoms with Crippen molar-refractivity contribution in [2.75, 3.05) is 13.2 Å². The number of hydrogen-bond acceptors (Lipinski definition) is 2. The lowest BCUT2D eigenvalue weighted by atomic mass is 10.2. The van der Waals surface area contributed by atoms with Gasteiger partial charge in [-0.1, -0.05) is 0 Å². The van der Waals surface area contributed by atoms with Crippen LogP contribution in [0.1, 0.15) is 19.3 Å². The van der Waals surface area contributed by atoms with Crippen LogP contribution < -0.4 is 0 Å². The first-order valence-electron chi connectivity index (χ1n) is 2.84. The predicted octanol–water partition coefficient (Wildman–Crippen LogP) is -0.228.